The molecular formula is C10H16BrNO2. The van der Waals surface area contributed by atoms with Crippen LogP contribution in [0.5, 0.6) is 0 Å². The van der Waals surface area contributed by atoms with Crippen LogP contribution in [-0.2, 0) is 0 Å². The maximum atomic E-state index is 10.8. The number of amides is 1. The molecule has 80 valence electrons. The number of hydrogen-bond acceptors (Lipinski definition) is 1. The van der Waals surface area contributed by atoms with Crippen LogP contribution in [0.4, 0.5) is 4.79 Å². The van der Waals surface area contributed by atoms with Crippen molar-refractivity contribution in [3.63, 3.8) is 0 Å². The molecule has 1 amide bonds. The van der Waals surface area contributed by atoms with Gasteiger partial charge in [0.25, 0.3) is 0 Å². The van der Waals surface area contributed by atoms with Crippen molar-refractivity contribution in [1.82, 2.24) is 4.90 Å². The van der Waals surface area contributed by atoms with Crippen LogP contribution in [-0.4, -0.2) is 34.0 Å². The van der Waals surface area contributed by atoms with E-state index < -0.39 is 6.09 Å². The van der Waals surface area contributed by atoms with E-state index in [2.05, 4.69) is 15.9 Å². The fourth-order valence-electron chi connectivity index (χ4n) is 2.73. The molecular weight excluding hydrogens is 246 g/mol. The second kappa shape index (κ2) is 4.09. The van der Waals surface area contributed by atoms with Crippen LogP contribution in [0.25, 0.3) is 0 Å². The Balaban J connectivity index is 1.94. The zero-order chi connectivity index (χ0) is 10.1. The molecule has 2 rings (SSSR count). The van der Waals surface area contributed by atoms with Crippen molar-refractivity contribution in [3.8, 4) is 0 Å². The molecule has 0 unspecified atom stereocenters. The maximum Gasteiger partial charge on any atom is 0.407 e. The van der Waals surface area contributed by atoms with Gasteiger partial charge in [-0.3, -0.25) is 0 Å². The molecule has 1 aliphatic heterocycles. The summed E-state index contributed by atoms with van der Waals surface area (Å²) in [7, 11) is 0. The minimum atomic E-state index is -0.746. The molecule has 2 fully saturated rings. The van der Waals surface area contributed by atoms with Gasteiger partial charge in [-0.05, 0) is 37.5 Å². The van der Waals surface area contributed by atoms with Crippen LogP contribution >= 0.6 is 15.9 Å². The highest BCUT2D eigenvalue weighted by atomic mass is 79.9. The van der Waals surface area contributed by atoms with Crippen molar-refractivity contribution in [1.29, 1.82) is 0 Å². The van der Waals surface area contributed by atoms with Crippen molar-refractivity contribution in [3.05, 3.63) is 0 Å². The third-order valence-electron chi connectivity index (χ3n) is 3.57. The fraction of sp³-hybridized carbons (Fsp3) is 0.900. The SMILES string of the molecule is O=C(O)N1CC[C@@H]2C[C@H](Br)CC[C@@H]2C1. The molecule has 1 saturated carbocycles. The second-order valence-electron chi connectivity index (χ2n) is 4.45. The third kappa shape index (κ3) is 2.05. The highest BCUT2D eigenvalue weighted by Crippen LogP contribution is 2.38. The van der Waals surface area contributed by atoms with Gasteiger partial charge in [-0.1, -0.05) is 15.9 Å². The highest BCUT2D eigenvalue weighted by molar-refractivity contribution is 9.09. The van der Waals surface area contributed by atoms with Crippen LogP contribution in [0.1, 0.15) is 25.7 Å². The topological polar surface area (TPSA) is 40.5 Å². The van der Waals surface area contributed by atoms with Crippen LogP contribution in [0, 0.1) is 11.8 Å². The second-order valence-corrected chi connectivity index (χ2v) is 5.74. The van der Waals surface area contributed by atoms with Gasteiger partial charge >= 0.3 is 6.09 Å². The van der Waals surface area contributed by atoms with E-state index >= 15 is 0 Å². The Hall–Kier alpha value is -0.250. The molecule has 1 aliphatic carbocycles. The summed E-state index contributed by atoms with van der Waals surface area (Å²) in [6.45, 7) is 1.50. The Kier molecular flexibility index (Phi) is 3.00. The van der Waals surface area contributed by atoms with E-state index in [1.165, 1.54) is 19.3 Å². The monoisotopic (exact) mass is 261 g/mol. The molecule has 4 heteroatoms. The summed E-state index contributed by atoms with van der Waals surface area (Å²) in [5.74, 6) is 1.37. The first-order valence-corrected chi connectivity index (χ1v) is 6.20. The fourth-order valence-corrected chi connectivity index (χ4v) is 3.48. The maximum absolute atomic E-state index is 10.8. The van der Waals surface area contributed by atoms with E-state index in [4.69, 9.17) is 5.11 Å². The van der Waals surface area contributed by atoms with E-state index in [1.807, 2.05) is 0 Å². The van der Waals surface area contributed by atoms with Gasteiger partial charge in [-0.15, -0.1) is 0 Å². The van der Waals surface area contributed by atoms with Gasteiger partial charge in [-0.2, -0.15) is 0 Å². The number of alkyl halides is 1. The number of halogens is 1. The Morgan fingerprint density at radius 1 is 1.29 bits per heavy atom. The van der Waals surface area contributed by atoms with Gasteiger partial charge in [0, 0.05) is 17.9 Å². The summed E-state index contributed by atoms with van der Waals surface area (Å²) < 4.78 is 0. The number of hydrogen-bond donors (Lipinski definition) is 1. The number of carboxylic acid groups (broad SMARTS) is 1. The third-order valence-corrected chi connectivity index (χ3v) is 4.40. The number of carbonyl (C=O) groups is 1. The molecule has 2 aliphatic rings. The van der Waals surface area contributed by atoms with Crippen LogP contribution in [0.3, 0.4) is 0 Å². The van der Waals surface area contributed by atoms with E-state index in [-0.39, 0.29) is 0 Å². The predicted molar refractivity (Wildman–Crippen MR) is 57.8 cm³/mol. The number of likely N-dealkylation sites (tertiary alicyclic amines) is 1. The van der Waals surface area contributed by atoms with Crippen molar-refractivity contribution in [2.24, 2.45) is 11.8 Å². The number of fused-ring (bicyclic) bond motifs is 1. The van der Waals surface area contributed by atoms with Gasteiger partial charge in [0.2, 0.25) is 0 Å². The van der Waals surface area contributed by atoms with Crippen LogP contribution in [0.2, 0.25) is 0 Å². The van der Waals surface area contributed by atoms with Gasteiger partial charge in [-0.25, -0.2) is 4.79 Å². The minimum absolute atomic E-state index is 0.619. The highest BCUT2D eigenvalue weighted by Gasteiger charge is 2.35. The average Bonchev–Trinajstić information content (AvgIpc) is 2.16. The molecule has 14 heavy (non-hydrogen) atoms. The lowest BCUT2D eigenvalue weighted by molar-refractivity contribution is 0.0793. The molecule has 0 aromatic heterocycles. The first-order chi connectivity index (χ1) is 6.66. The van der Waals surface area contributed by atoms with E-state index in [0.717, 1.165) is 25.4 Å². The lowest BCUT2D eigenvalue weighted by atomic mass is 9.75. The van der Waals surface area contributed by atoms with E-state index in [0.29, 0.717) is 10.7 Å². The number of rotatable bonds is 0. The molecule has 0 aromatic rings. The van der Waals surface area contributed by atoms with Crippen molar-refractivity contribution in [2.75, 3.05) is 13.1 Å². The minimum Gasteiger partial charge on any atom is -0.465 e. The smallest absolute Gasteiger partial charge is 0.407 e. The molecule has 0 radical (unpaired) electrons. The van der Waals surface area contributed by atoms with Crippen LogP contribution in [0.15, 0.2) is 0 Å². The Labute approximate surface area is 92.6 Å². The largest absolute Gasteiger partial charge is 0.465 e. The number of piperidine rings is 1. The van der Waals surface area contributed by atoms with E-state index in [9.17, 15) is 4.79 Å². The summed E-state index contributed by atoms with van der Waals surface area (Å²) in [6, 6.07) is 0. The molecule has 1 saturated heterocycles. The Morgan fingerprint density at radius 2 is 2.07 bits per heavy atom. The van der Waals surface area contributed by atoms with Gasteiger partial charge < -0.3 is 10.0 Å². The zero-order valence-corrected chi connectivity index (χ0v) is 9.74. The molecule has 3 nitrogen and oxygen atoms in total. The molecule has 0 bridgehead atoms. The van der Waals surface area contributed by atoms with Gasteiger partial charge in [0.1, 0.15) is 0 Å². The van der Waals surface area contributed by atoms with Gasteiger partial charge in [0.15, 0.2) is 0 Å². The lowest BCUT2D eigenvalue weighted by Gasteiger charge is -2.41. The summed E-state index contributed by atoms with van der Waals surface area (Å²) in [5, 5.41) is 8.90. The molecule has 1 N–H and O–H groups in total. The molecule has 0 aromatic carbocycles. The lowest BCUT2D eigenvalue weighted by Crippen LogP contribution is -2.45. The van der Waals surface area contributed by atoms with Crippen molar-refractivity contribution >= 4 is 22.0 Å². The molecule has 1 heterocycles. The zero-order valence-electron chi connectivity index (χ0n) is 8.16. The summed E-state index contributed by atoms with van der Waals surface area (Å²) in [4.78, 5) is 13.1. The number of nitrogens with zero attached hydrogens (tertiary/aromatic N) is 1. The van der Waals surface area contributed by atoms with E-state index in [1.54, 1.807) is 4.90 Å². The first kappa shape index (κ1) is 10.3. The van der Waals surface area contributed by atoms with Crippen molar-refractivity contribution in [2.45, 2.75) is 30.5 Å². The summed E-state index contributed by atoms with van der Waals surface area (Å²) in [5.41, 5.74) is 0. The quantitative estimate of drug-likeness (QED) is 0.681. The van der Waals surface area contributed by atoms with Crippen molar-refractivity contribution < 1.29 is 9.90 Å². The summed E-state index contributed by atoms with van der Waals surface area (Å²) in [6.07, 6.45) is 3.93. The predicted octanol–water partition coefficient (Wildman–Crippen LogP) is 2.55. The molecule has 3 atom stereocenters. The summed E-state index contributed by atoms with van der Waals surface area (Å²) >= 11 is 3.66. The molecule has 0 spiro atoms. The van der Waals surface area contributed by atoms with Crippen LogP contribution < -0.4 is 0 Å². The first-order valence-electron chi connectivity index (χ1n) is 5.28. The normalized spacial score (nSPS) is 37.8. The Bertz CT molecular complexity index is 234. The average molecular weight is 262 g/mol. The standard InChI is InChI=1S/C10H16BrNO2/c11-9-2-1-8-6-12(10(13)14)4-3-7(8)5-9/h7-9H,1-6H2,(H,13,14)/t7-,8-,9-/m1/s1. The Morgan fingerprint density at radius 3 is 2.79 bits per heavy atom. The van der Waals surface area contributed by atoms with Gasteiger partial charge in [0.05, 0.1) is 0 Å².